The Bertz CT molecular complexity index is 182. The lowest BCUT2D eigenvalue weighted by Gasteiger charge is -2.36. The number of nitrogens with zero attached hydrogens (tertiary/aromatic N) is 2. The fourth-order valence-electron chi connectivity index (χ4n) is 1.86. The Labute approximate surface area is 99.9 Å². The van der Waals surface area contributed by atoms with E-state index in [1.165, 1.54) is 0 Å². The van der Waals surface area contributed by atoms with Crippen molar-refractivity contribution in [2.24, 2.45) is 5.41 Å². The minimum atomic E-state index is -0.406. The molecule has 0 radical (unpaired) electrons. The van der Waals surface area contributed by atoms with Crippen molar-refractivity contribution in [2.45, 2.75) is 26.8 Å². The van der Waals surface area contributed by atoms with Gasteiger partial charge in [-0.15, -0.1) is 0 Å². The van der Waals surface area contributed by atoms with Crippen LogP contribution in [0.2, 0.25) is 0 Å². The average Bonchev–Trinajstić information content (AvgIpc) is 2.24. The predicted octanol–water partition coefficient (Wildman–Crippen LogP) is 0.249. The van der Waals surface area contributed by atoms with E-state index in [4.69, 9.17) is 0 Å². The lowest BCUT2D eigenvalue weighted by atomic mass is 9.91. The SMILES string of the molecule is CCN(CC(C)(CO)CO)C(C)CN(C)C. The second kappa shape index (κ2) is 7.22. The van der Waals surface area contributed by atoms with Gasteiger partial charge < -0.3 is 15.1 Å². The third-order valence-corrected chi connectivity index (χ3v) is 3.01. The summed E-state index contributed by atoms with van der Waals surface area (Å²) >= 11 is 0. The van der Waals surface area contributed by atoms with Crippen LogP contribution in [-0.2, 0) is 0 Å². The van der Waals surface area contributed by atoms with Gasteiger partial charge in [0.15, 0.2) is 0 Å². The fourth-order valence-corrected chi connectivity index (χ4v) is 1.86. The second-order valence-electron chi connectivity index (χ2n) is 5.30. The zero-order valence-corrected chi connectivity index (χ0v) is 11.4. The first-order valence-corrected chi connectivity index (χ1v) is 5.99. The Kier molecular flexibility index (Phi) is 7.15. The van der Waals surface area contributed by atoms with E-state index >= 15 is 0 Å². The first-order chi connectivity index (χ1) is 7.38. The quantitative estimate of drug-likeness (QED) is 0.630. The van der Waals surface area contributed by atoms with Gasteiger partial charge in [0.25, 0.3) is 0 Å². The minimum Gasteiger partial charge on any atom is -0.396 e. The maximum atomic E-state index is 9.30. The van der Waals surface area contributed by atoms with E-state index in [-0.39, 0.29) is 13.2 Å². The van der Waals surface area contributed by atoms with Crippen molar-refractivity contribution >= 4 is 0 Å². The molecule has 2 N–H and O–H groups in total. The summed E-state index contributed by atoms with van der Waals surface area (Å²) in [6, 6.07) is 0.428. The van der Waals surface area contributed by atoms with Crippen molar-refractivity contribution in [3.05, 3.63) is 0 Å². The normalized spacial score (nSPS) is 14.8. The smallest absolute Gasteiger partial charge is 0.0519 e. The van der Waals surface area contributed by atoms with Gasteiger partial charge in [-0.3, -0.25) is 4.90 Å². The van der Waals surface area contributed by atoms with Crippen molar-refractivity contribution in [1.29, 1.82) is 0 Å². The molecule has 0 saturated heterocycles. The van der Waals surface area contributed by atoms with Gasteiger partial charge >= 0.3 is 0 Å². The van der Waals surface area contributed by atoms with E-state index < -0.39 is 5.41 Å². The maximum absolute atomic E-state index is 9.30. The summed E-state index contributed by atoms with van der Waals surface area (Å²) in [5, 5.41) is 18.6. The van der Waals surface area contributed by atoms with Crippen molar-refractivity contribution in [1.82, 2.24) is 9.80 Å². The standard InChI is InChI=1S/C12H28N2O2/c1-6-14(11(2)7-13(4)5)8-12(3,9-15)10-16/h11,15-16H,6-10H2,1-5H3. The van der Waals surface area contributed by atoms with Crippen LogP contribution in [-0.4, -0.2) is 73.0 Å². The Morgan fingerprint density at radius 2 is 1.69 bits per heavy atom. The molecule has 0 aromatic carbocycles. The topological polar surface area (TPSA) is 46.9 Å². The summed E-state index contributed by atoms with van der Waals surface area (Å²) in [7, 11) is 4.11. The number of aliphatic hydroxyl groups is 2. The van der Waals surface area contributed by atoms with Gasteiger partial charge in [0.2, 0.25) is 0 Å². The van der Waals surface area contributed by atoms with Crippen molar-refractivity contribution < 1.29 is 10.2 Å². The molecule has 0 aliphatic heterocycles. The third kappa shape index (κ3) is 5.25. The molecule has 0 aliphatic carbocycles. The number of hydrogen-bond acceptors (Lipinski definition) is 4. The lowest BCUT2D eigenvalue weighted by Crippen LogP contribution is -2.47. The largest absolute Gasteiger partial charge is 0.396 e. The van der Waals surface area contributed by atoms with Crippen LogP contribution in [0.15, 0.2) is 0 Å². The van der Waals surface area contributed by atoms with Crippen LogP contribution >= 0.6 is 0 Å². The van der Waals surface area contributed by atoms with Crippen molar-refractivity contribution in [3.8, 4) is 0 Å². The van der Waals surface area contributed by atoms with Crippen LogP contribution in [0.4, 0.5) is 0 Å². The summed E-state index contributed by atoms with van der Waals surface area (Å²) in [6.07, 6.45) is 0. The first kappa shape index (κ1) is 15.8. The van der Waals surface area contributed by atoms with Gasteiger partial charge in [0.1, 0.15) is 0 Å². The summed E-state index contributed by atoms with van der Waals surface area (Å²) in [5.41, 5.74) is -0.406. The van der Waals surface area contributed by atoms with E-state index in [1.54, 1.807) is 0 Å². The van der Waals surface area contributed by atoms with E-state index in [0.29, 0.717) is 6.04 Å². The Morgan fingerprint density at radius 1 is 1.19 bits per heavy atom. The fraction of sp³-hybridized carbons (Fsp3) is 1.00. The zero-order chi connectivity index (χ0) is 12.8. The van der Waals surface area contributed by atoms with Gasteiger partial charge in [-0.25, -0.2) is 0 Å². The summed E-state index contributed by atoms with van der Waals surface area (Å²) in [4.78, 5) is 4.45. The molecule has 0 aliphatic rings. The molecule has 4 nitrogen and oxygen atoms in total. The van der Waals surface area contributed by atoms with Crippen LogP contribution in [0, 0.1) is 5.41 Å². The number of aliphatic hydroxyl groups excluding tert-OH is 2. The average molecular weight is 232 g/mol. The van der Waals surface area contributed by atoms with Crippen LogP contribution in [0.3, 0.4) is 0 Å². The van der Waals surface area contributed by atoms with Crippen LogP contribution in [0.1, 0.15) is 20.8 Å². The van der Waals surface area contributed by atoms with Crippen LogP contribution < -0.4 is 0 Å². The highest BCUT2D eigenvalue weighted by Crippen LogP contribution is 2.17. The molecule has 0 fully saturated rings. The maximum Gasteiger partial charge on any atom is 0.0519 e. The molecule has 98 valence electrons. The second-order valence-corrected chi connectivity index (χ2v) is 5.30. The summed E-state index contributed by atoms with van der Waals surface area (Å²) in [5.74, 6) is 0. The Morgan fingerprint density at radius 3 is 2.00 bits per heavy atom. The third-order valence-electron chi connectivity index (χ3n) is 3.01. The van der Waals surface area contributed by atoms with Gasteiger partial charge in [-0.05, 0) is 27.6 Å². The molecule has 0 amide bonds. The monoisotopic (exact) mass is 232 g/mol. The lowest BCUT2D eigenvalue weighted by molar-refractivity contribution is 0.0224. The molecule has 1 unspecified atom stereocenters. The predicted molar refractivity (Wildman–Crippen MR) is 67.5 cm³/mol. The highest BCUT2D eigenvalue weighted by Gasteiger charge is 2.27. The molecular formula is C12H28N2O2. The van der Waals surface area contributed by atoms with Gasteiger partial charge in [0, 0.05) is 24.5 Å². The van der Waals surface area contributed by atoms with E-state index in [1.807, 2.05) is 6.92 Å². The first-order valence-electron chi connectivity index (χ1n) is 5.99. The molecule has 16 heavy (non-hydrogen) atoms. The number of rotatable bonds is 8. The highest BCUT2D eigenvalue weighted by molar-refractivity contribution is 4.80. The molecule has 0 bridgehead atoms. The molecule has 0 spiro atoms. The molecule has 0 aromatic rings. The van der Waals surface area contributed by atoms with Crippen LogP contribution in [0.5, 0.6) is 0 Å². The van der Waals surface area contributed by atoms with Crippen molar-refractivity contribution in [2.75, 3.05) is 46.9 Å². The van der Waals surface area contributed by atoms with Gasteiger partial charge in [-0.1, -0.05) is 13.8 Å². The summed E-state index contributed by atoms with van der Waals surface area (Å²) < 4.78 is 0. The molecule has 0 rings (SSSR count). The molecule has 1 atom stereocenters. The van der Waals surface area contributed by atoms with E-state index in [2.05, 4.69) is 37.7 Å². The number of hydrogen-bond donors (Lipinski definition) is 2. The molecule has 0 heterocycles. The summed E-state index contributed by atoms with van der Waals surface area (Å²) in [6.45, 7) is 8.90. The highest BCUT2D eigenvalue weighted by atomic mass is 16.3. The molecule has 4 heteroatoms. The van der Waals surface area contributed by atoms with Crippen LogP contribution in [0.25, 0.3) is 0 Å². The molecule has 0 saturated carbocycles. The van der Waals surface area contributed by atoms with E-state index in [9.17, 15) is 10.2 Å². The van der Waals surface area contributed by atoms with E-state index in [0.717, 1.165) is 19.6 Å². The minimum absolute atomic E-state index is 0.0225. The van der Waals surface area contributed by atoms with Gasteiger partial charge in [-0.2, -0.15) is 0 Å². The molecular weight excluding hydrogens is 204 g/mol. The number of likely N-dealkylation sites (N-methyl/N-ethyl adjacent to an activating group) is 2. The Hall–Kier alpha value is -0.160. The zero-order valence-electron chi connectivity index (χ0n) is 11.4. The Balaban J connectivity index is 4.38. The molecule has 0 aromatic heterocycles. The van der Waals surface area contributed by atoms with Gasteiger partial charge in [0.05, 0.1) is 13.2 Å². The van der Waals surface area contributed by atoms with Crippen molar-refractivity contribution in [3.63, 3.8) is 0 Å².